The Morgan fingerprint density at radius 2 is 1.95 bits per heavy atom. The molecule has 2 N–H and O–H groups in total. The van der Waals surface area contributed by atoms with Gasteiger partial charge in [0.2, 0.25) is 11.7 Å². The van der Waals surface area contributed by atoms with Crippen LogP contribution in [0.3, 0.4) is 0 Å². The van der Waals surface area contributed by atoms with Gasteiger partial charge in [-0.15, -0.1) is 0 Å². The molecule has 0 bridgehead atoms. The van der Waals surface area contributed by atoms with Gasteiger partial charge in [-0.2, -0.15) is 4.98 Å². The van der Waals surface area contributed by atoms with E-state index >= 15 is 0 Å². The molecule has 21 heavy (non-hydrogen) atoms. The summed E-state index contributed by atoms with van der Waals surface area (Å²) >= 11 is 0. The summed E-state index contributed by atoms with van der Waals surface area (Å²) in [5, 5.41) is 4.00. The maximum atomic E-state index is 6.23. The van der Waals surface area contributed by atoms with Crippen LogP contribution in [0.15, 0.2) is 34.9 Å². The van der Waals surface area contributed by atoms with Gasteiger partial charge >= 0.3 is 0 Å². The van der Waals surface area contributed by atoms with E-state index < -0.39 is 0 Å². The van der Waals surface area contributed by atoms with Crippen molar-refractivity contribution in [1.29, 1.82) is 0 Å². The Morgan fingerprint density at radius 1 is 1.14 bits per heavy atom. The van der Waals surface area contributed by atoms with E-state index in [2.05, 4.69) is 10.1 Å². The zero-order valence-electron chi connectivity index (χ0n) is 12.1. The first-order chi connectivity index (χ1) is 10.3. The smallest absolute Gasteiger partial charge is 0.231 e. The van der Waals surface area contributed by atoms with Crippen molar-refractivity contribution in [3.8, 4) is 5.75 Å². The number of aromatic nitrogens is 2. The number of nitrogens with zero attached hydrogens (tertiary/aromatic N) is 2. The van der Waals surface area contributed by atoms with Crippen molar-refractivity contribution in [2.75, 3.05) is 0 Å². The molecule has 1 aromatic carbocycles. The molecule has 5 nitrogen and oxygen atoms in total. The topological polar surface area (TPSA) is 74.2 Å². The van der Waals surface area contributed by atoms with Crippen LogP contribution in [-0.2, 0) is 6.61 Å². The van der Waals surface area contributed by atoms with Crippen molar-refractivity contribution >= 4 is 0 Å². The minimum atomic E-state index is 0.121. The summed E-state index contributed by atoms with van der Waals surface area (Å²) in [6.45, 7) is 0.315. The maximum absolute atomic E-state index is 6.23. The fraction of sp³-hybridized carbons (Fsp3) is 0.500. The number of nitrogens with two attached hydrogens (primary N) is 1. The molecule has 5 heteroatoms. The van der Waals surface area contributed by atoms with Crippen LogP contribution in [0.5, 0.6) is 5.75 Å². The number of hydrogen-bond donors (Lipinski definition) is 1. The molecule has 1 heterocycles. The highest BCUT2D eigenvalue weighted by atomic mass is 16.5. The van der Waals surface area contributed by atoms with Gasteiger partial charge in [-0.05, 0) is 25.0 Å². The standard InChI is InChI=1S/C16H21N3O2/c17-14-10-6-2-5-9-13(14)16-18-15(19-21-16)11-20-12-7-3-1-4-8-12/h1,3-4,7-8,13-14H,2,5-6,9-11,17H2. The predicted octanol–water partition coefficient (Wildman–Crippen LogP) is 3.02. The molecule has 3 rings (SSSR count). The number of ether oxygens (including phenoxy) is 1. The Labute approximate surface area is 124 Å². The van der Waals surface area contributed by atoms with Gasteiger partial charge in [-0.1, -0.05) is 42.6 Å². The van der Waals surface area contributed by atoms with Crippen LogP contribution in [0.1, 0.15) is 49.7 Å². The van der Waals surface area contributed by atoms with Crippen molar-refractivity contribution in [3.63, 3.8) is 0 Å². The Bertz CT molecular complexity index is 556. The highest BCUT2D eigenvalue weighted by Gasteiger charge is 2.27. The van der Waals surface area contributed by atoms with Gasteiger partial charge in [-0.3, -0.25) is 0 Å². The summed E-state index contributed by atoms with van der Waals surface area (Å²) in [5.41, 5.74) is 6.23. The monoisotopic (exact) mass is 287 g/mol. The quantitative estimate of drug-likeness (QED) is 0.875. The molecular formula is C16H21N3O2. The van der Waals surface area contributed by atoms with Crippen LogP contribution in [0.25, 0.3) is 0 Å². The highest BCUT2D eigenvalue weighted by molar-refractivity contribution is 5.21. The summed E-state index contributed by atoms with van der Waals surface area (Å²) in [6.07, 6.45) is 5.67. The number of hydrogen-bond acceptors (Lipinski definition) is 5. The number of rotatable bonds is 4. The van der Waals surface area contributed by atoms with Gasteiger partial charge in [0.05, 0.1) is 5.92 Å². The maximum Gasteiger partial charge on any atom is 0.231 e. The minimum absolute atomic E-state index is 0.121. The van der Waals surface area contributed by atoms with E-state index in [-0.39, 0.29) is 12.0 Å². The third kappa shape index (κ3) is 3.61. The molecule has 0 saturated heterocycles. The fourth-order valence-electron chi connectivity index (χ4n) is 2.78. The molecule has 1 fully saturated rings. The van der Waals surface area contributed by atoms with Crippen LogP contribution < -0.4 is 10.5 Å². The fourth-order valence-corrected chi connectivity index (χ4v) is 2.78. The van der Waals surface area contributed by atoms with Gasteiger partial charge in [-0.25, -0.2) is 0 Å². The number of para-hydroxylation sites is 1. The second-order valence-corrected chi connectivity index (χ2v) is 5.56. The lowest BCUT2D eigenvalue weighted by atomic mass is 9.95. The van der Waals surface area contributed by atoms with Crippen molar-refractivity contribution < 1.29 is 9.26 Å². The lowest BCUT2D eigenvalue weighted by Crippen LogP contribution is -2.27. The zero-order chi connectivity index (χ0) is 14.5. The van der Waals surface area contributed by atoms with E-state index in [1.54, 1.807) is 0 Å². The van der Waals surface area contributed by atoms with E-state index in [4.69, 9.17) is 15.0 Å². The van der Waals surface area contributed by atoms with Crippen LogP contribution >= 0.6 is 0 Å². The van der Waals surface area contributed by atoms with Crippen LogP contribution in [0.2, 0.25) is 0 Å². The molecule has 0 amide bonds. The van der Waals surface area contributed by atoms with Crippen molar-refractivity contribution in [3.05, 3.63) is 42.0 Å². The molecule has 0 aliphatic heterocycles. The third-order valence-electron chi connectivity index (χ3n) is 3.98. The zero-order valence-corrected chi connectivity index (χ0v) is 12.1. The SMILES string of the molecule is NC1CCCCCC1c1nc(COc2ccccc2)no1. The van der Waals surface area contributed by atoms with E-state index in [1.807, 2.05) is 30.3 Å². The van der Waals surface area contributed by atoms with Gasteiger partial charge in [0.15, 0.2) is 6.61 Å². The molecule has 1 aromatic heterocycles. The Morgan fingerprint density at radius 3 is 2.81 bits per heavy atom. The number of benzene rings is 1. The van der Waals surface area contributed by atoms with E-state index in [9.17, 15) is 0 Å². The normalized spacial score (nSPS) is 22.7. The average Bonchev–Trinajstić information content (AvgIpc) is 2.88. The van der Waals surface area contributed by atoms with Crippen LogP contribution in [0.4, 0.5) is 0 Å². The largest absolute Gasteiger partial charge is 0.485 e. The third-order valence-corrected chi connectivity index (χ3v) is 3.98. The summed E-state index contributed by atoms with van der Waals surface area (Å²) in [4.78, 5) is 4.46. The van der Waals surface area contributed by atoms with Crippen LogP contribution in [-0.4, -0.2) is 16.2 Å². The van der Waals surface area contributed by atoms with Crippen molar-refractivity contribution in [1.82, 2.24) is 10.1 Å². The second-order valence-electron chi connectivity index (χ2n) is 5.56. The Hall–Kier alpha value is -1.88. The molecular weight excluding hydrogens is 266 g/mol. The van der Waals surface area contributed by atoms with Crippen molar-refractivity contribution in [2.45, 2.75) is 50.7 Å². The summed E-state index contributed by atoms with van der Waals surface area (Å²) in [7, 11) is 0. The molecule has 0 radical (unpaired) electrons. The molecule has 2 unspecified atom stereocenters. The summed E-state index contributed by atoms with van der Waals surface area (Å²) < 4.78 is 11.0. The Balaban J connectivity index is 1.62. The van der Waals surface area contributed by atoms with Gasteiger partial charge in [0.1, 0.15) is 5.75 Å². The van der Waals surface area contributed by atoms with E-state index in [0.29, 0.717) is 18.3 Å². The first kappa shape index (κ1) is 14.1. The Kier molecular flexibility index (Phi) is 4.50. The molecule has 2 aromatic rings. The first-order valence-electron chi connectivity index (χ1n) is 7.59. The lowest BCUT2D eigenvalue weighted by Gasteiger charge is -2.16. The van der Waals surface area contributed by atoms with Gasteiger partial charge in [0, 0.05) is 6.04 Å². The molecule has 1 aliphatic rings. The molecule has 2 atom stereocenters. The average molecular weight is 287 g/mol. The first-order valence-corrected chi connectivity index (χ1v) is 7.59. The van der Waals surface area contributed by atoms with Gasteiger partial charge in [0.25, 0.3) is 0 Å². The van der Waals surface area contributed by atoms with Crippen LogP contribution in [0, 0.1) is 0 Å². The van der Waals surface area contributed by atoms with E-state index in [0.717, 1.165) is 18.6 Å². The predicted molar refractivity (Wildman–Crippen MR) is 78.9 cm³/mol. The lowest BCUT2D eigenvalue weighted by molar-refractivity contribution is 0.281. The molecule has 1 saturated carbocycles. The van der Waals surface area contributed by atoms with E-state index in [1.165, 1.54) is 19.3 Å². The van der Waals surface area contributed by atoms with Gasteiger partial charge < -0.3 is 15.0 Å². The molecule has 1 aliphatic carbocycles. The molecule has 112 valence electrons. The summed E-state index contributed by atoms with van der Waals surface area (Å²) in [6, 6.07) is 9.75. The van der Waals surface area contributed by atoms with Crippen molar-refractivity contribution in [2.24, 2.45) is 5.73 Å². The highest BCUT2D eigenvalue weighted by Crippen LogP contribution is 2.29. The minimum Gasteiger partial charge on any atom is -0.485 e. The molecule has 0 spiro atoms. The second kappa shape index (κ2) is 6.72. The summed E-state index contributed by atoms with van der Waals surface area (Å²) in [5.74, 6) is 2.22.